The molecule has 0 aromatic rings. The van der Waals surface area contributed by atoms with Crippen molar-refractivity contribution in [1.82, 2.24) is 10.2 Å². The number of hydrogen-bond donors (Lipinski definition) is 1. The maximum Gasteiger partial charge on any atom is 0.0192 e. The van der Waals surface area contributed by atoms with Crippen molar-refractivity contribution in [2.45, 2.75) is 71.9 Å². The van der Waals surface area contributed by atoms with Gasteiger partial charge in [-0.1, -0.05) is 33.6 Å². The van der Waals surface area contributed by atoms with Gasteiger partial charge in [-0.2, -0.15) is 0 Å². The molecule has 17 heavy (non-hydrogen) atoms. The Hall–Kier alpha value is -0.0800. The van der Waals surface area contributed by atoms with E-state index in [2.05, 4.69) is 37.9 Å². The summed E-state index contributed by atoms with van der Waals surface area (Å²) in [6.45, 7) is 13.1. The highest BCUT2D eigenvalue weighted by Crippen LogP contribution is 2.15. The summed E-state index contributed by atoms with van der Waals surface area (Å²) >= 11 is 0. The normalized spacial score (nSPS) is 24.9. The molecule has 0 aliphatic carbocycles. The van der Waals surface area contributed by atoms with Crippen molar-refractivity contribution in [2.75, 3.05) is 19.6 Å². The monoisotopic (exact) mass is 240 g/mol. The van der Waals surface area contributed by atoms with E-state index in [1.807, 2.05) is 0 Å². The lowest BCUT2D eigenvalue weighted by Crippen LogP contribution is -2.41. The first-order valence-electron chi connectivity index (χ1n) is 7.61. The van der Waals surface area contributed by atoms with Gasteiger partial charge in [0.05, 0.1) is 0 Å². The smallest absolute Gasteiger partial charge is 0.0192 e. The van der Waals surface area contributed by atoms with Crippen LogP contribution in [0.1, 0.15) is 59.8 Å². The van der Waals surface area contributed by atoms with Crippen LogP contribution in [0.4, 0.5) is 0 Å². The second kappa shape index (κ2) is 8.10. The summed E-state index contributed by atoms with van der Waals surface area (Å²) in [7, 11) is 0. The molecule has 1 fully saturated rings. The van der Waals surface area contributed by atoms with Crippen molar-refractivity contribution >= 4 is 0 Å². The van der Waals surface area contributed by atoms with Gasteiger partial charge in [-0.15, -0.1) is 0 Å². The molecule has 1 heterocycles. The van der Waals surface area contributed by atoms with Crippen LogP contribution >= 0.6 is 0 Å². The third-order valence-electron chi connectivity index (χ3n) is 4.03. The predicted octanol–water partition coefficient (Wildman–Crippen LogP) is 3.28. The average Bonchev–Trinajstić information content (AvgIpc) is 2.53. The average molecular weight is 240 g/mol. The van der Waals surface area contributed by atoms with Crippen molar-refractivity contribution < 1.29 is 0 Å². The molecule has 0 radical (unpaired) electrons. The summed E-state index contributed by atoms with van der Waals surface area (Å²) in [6.07, 6.45) is 6.71. The molecule has 2 atom stereocenters. The summed E-state index contributed by atoms with van der Waals surface area (Å²) in [5.41, 5.74) is 0. The van der Waals surface area contributed by atoms with Crippen molar-refractivity contribution in [3.05, 3.63) is 0 Å². The number of rotatable bonds is 6. The zero-order valence-corrected chi connectivity index (χ0v) is 12.3. The Morgan fingerprint density at radius 3 is 2.65 bits per heavy atom. The van der Waals surface area contributed by atoms with Crippen LogP contribution in [0, 0.1) is 5.92 Å². The topological polar surface area (TPSA) is 15.3 Å². The lowest BCUT2D eigenvalue weighted by atomic mass is 10.0. The zero-order chi connectivity index (χ0) is 12.7. The molecule has 1 rings (SSSR count). The van der Waals surface area contributed by atoms with Crippen LogP contribution in [0.15, 0.2) is 0 Å². The molecule has 0 spiro atoms. The Morgan fingerprint density at radius 1 is 1.24 bits per heavy atom. The lowest BCUT2D eigenvalue weighted by molar-refractivity contribution is 0.190. The first-order valence-corrected chi connectivity index (χ1v) is 7.61. The number of nitrogens with zero attached hydrogens (tertiary/aromatic N) is 1. The largest absolute Gasteiger partial charge is 0.313 e. The minimum atomic E-state index is 0.713. The molecule has 1 aliphatic heterocycles. The third kappa shape index (κ3) is 5.87. The molecule has 0 amide bonds. The van der Waals surface area contributed by atoms with Crippen LogP contribution < -0.4 is 5.32 Å². The highest BCUT2D eigenvalue weighted by atomic mass is 15.2. The van der Waals surface area contributed by atoms with Crippen molar-refractivity contribution in [3.63, 3.8) is 0 Å². The molecule has 0 aromatic heterocycles. The van der Waals surface area contributed by atoms with Crippen LogP contribution in [0.25, 0.3) is 0 Å². The first-order chi connectivity index (χ1) is 8.13. The van der Waals surface area contributed by atoms with Crippen molar-refractivity contribution in [3.8, 4) is 0 Å². The summed E-state index contributed by atoms with van der Waals surface area (Å²) in [4.78, 5) is 2.70. The summed E-state index contributed by atoms with van der Waals surface area (Å²) in [5.74, 6) is 0.858. The SMILES string of the molecule is CCC1CN(C(C)CCCC(C)C)CCCN1. The molecule has 1 aliphatic rings. The van der Waals surface area contributed by atoms with E-state index in [9.17, 15) is 0 Å². The fourth-order valence-corrected chi connectivity index (χ4v) is 2.71. The quantitative estimate of drug-likeness (QED) is 0.766. The van der Waals surface area contributed by atoms with Crippen LogP contribution in [-0.4, -0.2) is 36.6 Å². The van der Waals surface area contributed by atoms with Crippen LogP contribution in [-0.2, 0) is 0 Å². The van der Waals surface area contributed by atoms with Gasteiger partial charge in [0.1, 0.15) is 0 Å². The van der Waals surface area contributed by atoms with E-state index < -0.39 is 0 Å². The first kappa shape index (κ1) is 15.0. The van der Waals surface area contributed by atoms with E-state index in [0.717, 1.165) is 12.0 Å². The predicted molar refractivity (Wildman–Crippen MR) is 76.4 cm³/mol. The second-order valence-electron chi connectivity index (χ2n) is 6.08. The van der Waals surface area contributed by atoms with E-state index in [0.29, 0.717) is 6.04 Å². The molecule has 1 saturated heterocycles. The minimum absolute atomic E-state index is 0.713. The summed E-state index contributed by atoms with van der Waals surface area (Å²) < 4.78 is 0. The maximum absolute atomic E-state index is 3.65. The standard InChI is InChI=1S/C15H32N2/c1-5-15-12-17(11-7-10-16-15)14(4)9-6-8-13(2)3/h13-16H,5-12H2,1-4H3. The van der Waals surface area contributed by atoms with Gasteiger partial charge >= 0.3 is 0 Å². The van der Waals surface area contributed by atoms with Gasteiger partial charge < -0.3 is 5.32 Å². The zero-order valence-electron chi connectivity index (χ0n) is 12.3. The van der Waals surface area contributed by atoms with Gasteiger partial charge in [-0.25, -0.2) is 0 Å². The highest BCUT2D eigenvalue weighted by Gasteiger charge is 2.20. The summed E-state index contributed by atoms with van der Waals surface area (Å²) in [5, 5.41) is 3.65. The molecule has 0 bridgehead atoms. The third-order valence-corrected chi connectivity index (χ3v) is 4.03. The van der Waals surface area contributed by atoms with Gasteiger partial charge in [0.15, 0.2) is 0 Å². The van der Waals surface area contributed by atoms with Crippen molar-refractivity contribution in [1.29, 1.82) is 0 Å². The van der Waals surface area contributed by atoms with E-state index >= 15 is 0 Å². The van der Waals surface area contributed by atoms with E-state index in [1.165, 1.54) is 51.7 Å². The molecule has 1 N–H and O–H groups in total. The van der Waals surface area contributed by atoms with Crippen molar-refractivity contribution in [2.24, 2.45) is 5.92 Å². The highest BCUT2D eigenvalue weighted by molar-refractivity contribution is 4.78. The maximum atomic E-state index is 3.65. The molecular weight excluding hydrogens is 208 g/mol. The Bertz CT molecular complexity index is 191. The van der Waals surface area contributed by atoms with E-state index in [-0.39, 0.29) is 0 Å². The van der Waals surface area contributed by atoms with Gasteiger partial charge in [0.25, 0.3) is 0 Å². The number of nitrogens with one attached hydrogen (secondary N) is 1. The summed E-state index contributed by atoms with van der Waals surface area (Å²) in [6, 6.07) is 1.48. The molecule has 0 saturated carbocycles. The van der Waals surface area contributed by atoms with Gasteiger partial charge in [-0.3, -0.25) is 4.90 Å². The Morgan fingerprint density at radius 2 is 2.00 bits per heavy atom. The molecule has 0 aromatic carbocycles. The Kier molecular flexibility index (Phi) is 7.14. The Balaban J connectivity index is 2.30. The Labute approximate surface area is 108 Å². The van der Waals surface area contributed by atoms with E-state index in [1.54, 1.807) is 0 Å². The molecule has 102 valence electrons. The number of hydrogen-bond acceptors (Lipinski definition) is 2. The van der Waals surface area contributed by atoms with Crippen LogP contribution in [0.5, 0.6) is 0 Å². The van der Waals surface area contributed by atoms with Gasteiger partial charge in [0.2, 0.25) is 0 Å². The van der Waals surface area contributed by atoms with E-state index in [4.69, 9.17) is 0 Å². The van der Waals surface area contributed by atoms with Crippen LogP contribution in [0.2, 0.25) is 0 Å². The molecule has 2 heteroatoms. The van der Waals surface area contributed by atoms with Crippen LogP contribution in [0.3, 0.4) is 0 Å². The molecule has 2 unspecified atom stereocenters. The second-order valence-corrected chi connectivity index (χ2v) is 6.08. The molecular formula is C15H32N2. The molecule has 2 nitrogen and oxygen atoms in total. The fraction of sp³-hybridized carbons (Fsp3) is 1.00. The van der Waals surface area contributed by atoms with Gasteiger partial charge in [-0.05, 0) is 45.2 Å². The minimum Gasteiger partial charge on any atom is -0.313 e. The lowest BCUT2D eigenvalue weighted by Gasteiger charge is -2.30. The fourth-order valence-electron chi connectivity index (χ4n) is 2.71. The van der Waals surface area contributed by atoms with Gasteiger partial charge in [0, 0.05) is 18.6 Å².